The van der Waals surface area contributed by atoms with Crippen molar-refractivity contribution in [3.63, 3.8) is 0 Å². The Morgan fingerprint density at radius 1 is 1.24 bits per heavy atom. The number of unbranched alkanes of at least 4 members (excludes halogenated alkanes) is 1. The minimum atomic E-state index is -1.08. The molecule has 0 bridgehead atoms. The van der Waals surface area contributed by atoms with E-state index in [2.05, 4.69) is 10.6 Å². The quantitative estimate of drug-likeness (QED) is 0.603. The zero-order valence-corrected chi connectivity index (χ0v) is 11.9. The first-order chi connectivity index (χ1) is 10.1. The van der Waals surface area contributed by atoms with Crippen molar-refractivity contribution in [1.29, 1.82) is 0 Å². The molecule has 1 aromatic rings. The van der Waals surface area contributed by atoms with Gasteiger partial charge in [-0.1, -0.05) is 12.1 Å². The summed E-state index contributed by atoms with van der Waals surface area (Å²) >= 11 is 0. The number of nitrogens with one attached hydrogen (secondary N) is 2. The first-order valence-corrected chi connectivity index (χ1v) is 6.61. The Hall–Kier alpha value is -2.28. The van der Waals surface area contributed by atoms with Crippen LogP contribution in [0.2, 0.25) is 0 Å². The van der Waals surface area contributed by atoms with Gasteiger partial charge in [-0.05, 0) is 25.0 Å². The van der Waals surface area contributed by atoms with Crippen molar-refractivity contribution in [2.45, 2.75) is 12.8 Å². The third kappa shape index (κ3) is 7.17. The Bertz CT molecular complexity index is 464. The summed E-state index contributed by atoms with van der Waals surface area (Å²) in [5, 5.41) is 13.9. The molecule has 0 aromatic heterocycles. The molecule has 0 unspecified atom stereocenters. The first-order valence-electron chi connectivity index (χ1n) is 6.61. The number of hydrogen-bond donors (Lipinski definition) is 3. The van der Waals surface area contributed by atoms with Gasteiger partial charge in [-0.2, -0.15) is 0 Å². The maximum absolute atomic E-state index is 11.7. The normalized spacial score (nSPS) is 9.95. The molecule has 116 valence electrons. The van der Waals surface area contributed by atoms with Crippen LogP contribution in [-0.2, 0) is 9.53 Å². The molecule has 21 heavy (non-hydrogen) atoms. The van der Waals surface area contributed by atoms with E-state index in [0.717, 1.165) is 12.8 Å². The molecule has 7 nitrogen and oxygen atoms in total. The van der Waals surface area contributed by atoms with Gasteiger partial charge in [-0.25, -0.2) is 9.59 Å². The summed E-state index contributed by atoms with van der Waals surface area (Å²) < 4.78 is 10.0. The Kier molecular flexibility index (Phi) is 7.67. The van der Waals surface area contributed by atoms with Crippen LogP contribution in [0.25, 0.3) is 0 Å². The number of amides is 2. The van der Waals surface area contributed by atoms with Crippen LogP contribution in [0, 0.1) is 0 Å². The molecule has 0 saturated heterocycles. The maximum Gasteiger partial charge on any atom is 0.341 e. The average molecular weight is 296 g/mol. The number of carboxylic acid groups (broad SMARTS) is 1. The van der Waals surface area contributed by atoms with E-state index in [0.29, 0.717) is 24.6 Å². The predicted molar refractivity (Wildman–Crippen MR) is 77.7 cm³/mol. The van der Waals surface area contributed by atoms with Crippen LogP contribution in [0.1, 0.15) is 12.8 Å². The smallest absolute Gasteiger partial charge is 0.341 e. The van der Waals surface area contributed by atoms with Gasteiger partial charge in [0.15, 0.2) is 6.61 Å². The van der Waals surface area contributed by atoms with Gasteiger partial charge < -0.3 is 25.2 Å². The summed E-state index contributed by atoms with van der Waals surface area (Å²) in [4.78, 5) is 22.2. The third-order valence-electron chi connectivity index (χ3n) is 2.55. The molecule has 0 aliphatic carbocycles. The third-order valence-corrected chi connectivity index (χ3v) is 2.55. The molecule has 0 heterocycles. The second-order valence-corrected chi connectivity index (χ2v) is 4.26. The fraction of sp³-hybridized carbons (Fsp3) is 0.429. The molecule has 0 fully saturated rings. The summed E-state index contributed by atoms with van der Waals surface area (Å²) in [6.45, 7) is 0.736. The van der Waals surface area contributed by atoms with Crippen LogP contribution in [0.3, 0.4) is 0 Å². The van der Waals surface area contributed by atoms with Gasteiger partial charge in [0.1, 0.15) is 5.75 Å². The molecule has 2 amide bonds. The average Bonchev–Trinajstić information content (AvgIpc) is 2.46. The molecule has 0 spiro atoms. The highest BCUT2D eigenvalue weighted by molar-refractivity contribution is 5.90. The molecule has 7 heteroatoms. The number of para-hydroxylation sites is 2. The van der Waals surface area contributed by atoms with Crippen LogP contribution in [-0.4, -0.2) is 44.0 Å². The maximum atomic E-state index is 11.7. The highest BCUT2D eigenvalue weighted by atomic mass is 16.5. The van der Waals surface area contributed by atoms with E-state index in [1.54, 1.807) is 31.4 Å². The molecule has 0 aliphatic heterocycles. The van der Waals surface area contributed by atoms with Crippen molar-refractivity contribution < 1.29 is 24.2 Å². The van der Waals surface area contributed by atoms with Gasteiger partial charge in [0.25, 0.3) is 0 Å². The Labute approximate surface area is 123 Å². The summed E-state index contributed by atoms with van der Waals surface area (Å²) in [5.41, 5.74) is 0.424. The lowest BCUT2D eigenvalue weighted by atomic mass is 10.3. The molecule has 1 aromatic carbocycles. The van der Waals surface area contributed by atoms with E-state index in [1.165, 1.54) is 0 Å². The fourth-order valence-electron chi connectivity index (χ4n) is 1.58. The minimum Gasteiger partial charge on any atom is -0.480 e. The summed E-state index contributed by atoms with van der Waals surface area (Å²) in [6.07, 6.45) is 1.69. The van der Waals surface area contributed by atoms with E-state index in [9.17, 15) is 9.59 Å². The number of methoxy groups -OCH3 is 1. The molecule has 0 saturated carbocycles. The SMILES string of the molecule is COCCCCNC(=O)Nc1ccccc1OCC(=O)O. The molecular weight excluding hydrogens is 276 g/mol. The lowest BCUT2D eigenvalue weighted by Gasteiger charge is -2.12. The van der Waals surface area contributed by atoms with Crippen LogP contribution in [0.5, 0.6) is 5.75 Å². The number of hydrogen-bond acceptors (Lipinski definition) is 4. The van der Waals surface area contributed by atoms with Gasteiger partial charge in [-0.15, -0.1) is 0 Å². The second kappa shape index (κ2) is 9.60. The van der Waals surface area contributed by atoms with Crippen molar-refractivity contribution in [1.82, 2.24) is 5.32 Å². The Morgan fingerprint density at radius 2 is 2.00 bits per heavy atom. The molecule has 3 N–H and O–H groups in total. The van der Waals surface area contributed by atoms with E-state index in [1.807, 2.05) is 0 Å². The zero-order valence-electron chi connectivity index (χ0n) is 11.9. The Morgan fingerprint density at radius 3 is 2.71 bits per heavy atom. The Balaban J connectivity index is 2.42. The number of aliphatic carboxylic acids is 1. The lowest BCUT2D eigenvalue weighted by molar-refractivity contribution is -0.139. The highest BCUT2D eigenvalue weighted by Gasteiger charge is 2.08. The number of carboxylic acids is 1. The van der Waals surface area contributed by atoms with Crippen LogP contribution >= 0.6 is 0 Å². The molecule has 0 radical (unpaired) electrons. The van der Waals surface area contributed by atoms with Crippen LogP contribution < -0.4 is 15.4 Å². The van der Waals surface area contributed by atoms with Gasteiger partial charge in [0, 0.05) is 20.3 Å². The lowest BCUT2D eigenvalue weighted by Crippen LogP contribution is -2.29. The highest BCUT2D eigenvalue weighted by Crippen LogP contribution is 2.23. The predicted octanol–water partition coefficient (Wildman–Crippen LogP) is 1.70. The van der Waals surface area contributed by atoms with E-state index >= 15 is 0 Å². The number of ether oxygens (including phenoxy) is 2. The number of benzene rings is 1. The van der Waals surface area contributed by atoms with Crippen molar-refractivity contribution in [2.75, 3.05) is 32.2 Å². The topological polar surface area (TPSA) is 96.9 Å². The summed E-state index contributed by atoms with van der Waals surface area (Å²) in [6, 6.07) is 6.30. The van der Waals surface area contributed by atoms with E-state index < -0.39 is 12.6 Å². The number of rotatable bonds is 9. The van der Waals surface area contributed by atoms with E-state index in [-0.39, 0.29) is 6.03 Å². The largest absolute Gasteiger partial charge is 0.480 e. The number of carbonyl (C=O) groups is 2. The van der Waals surface area contributed by atoms with Crippen molar-refractivity contribution >= 4 is 17.7 Å². The van der Waals surface area contributed by atoms with Gasteiger partial charge in [0.2, 0.25) is 0 Å². The van der Waals surface area contributed by atoms with Crippen molar-refractivity contribution in [3.8, 4) is 5.75 Å². The standard InChI is InChI=1S/C14H20N2O5/c1-20-9-5-4-8-15-14(19)16-11-6-2-3-7-12(11)21-10-13(17)18/h2-3,6-7H,4-5,8-10H2,1H3,(H,17,18)(H2,15,16,19). The molecule has 1 rings (SSSR count). The minimum absolute atomic E-state index is 0.314. The van der Waals surface area contributed by atoms with Crippen LogP contribution in [0.4, 0.5) is 10.5 Å². The molecular formula is C14H20N2O5. The number of anilines is 1. The number of urea groups is 1. The van der Waals surface area contributed by atoms with Crippen LogP contribution in [0.15, 0.2) is 24.3 Å². The summed E-state index contributed by atoms with van der Waals surface area (Å²) in [5.74, 6) is -0.762. The van der Waals surface area contributed by atoms with Gasteiger partial charge in [0.05, 0.1) is 5.69 Å². The van der Waals surface area contributed by atoms with Gasteiger partial charge in [-0.3, -0.25) is 0 Å². The monoisotopic (exact) mass is 296 g/mol. The molecule has 0 atom stereocenters. The van der Waals surface area contributed by atoms with Gasteiger partial charge >= 0.3 is 12.0 Å². The first kappa shape index (κ1) is 16.8. The van der Waals surface area contributed by atoms with Crippen molar-refractivity contribution in [2.24, 2.45) is 0 Å². The second-order valence-electron chi connectivity index (χ2n) is 4.26. The van der Waals surface area contributed by atoms with E-state index in [4.69, 9.17) is 14.6 Å². The fourth-order valence-corrected chi connectivity index (χ4v) is 1.58. The summed E-state index contributed by atoms with van der Waals surface area (Å²) in [7, 11) is 1.63. The number of carbonyl (C=O) groups excluding carboxylic acids is 1. The van der Waals surface area contributed by atoms with Crippen molar-refractivity contribution in [3.05, 3.63) is 24.3 Å². The molecule has 0 aliphatic rings. The zero-order chi connectivity index (χ0) is 15.5.